The molecular formula is C20H20FN3O5S. The lowest BCUT2D eigenvalue weighted by atomic mass is 9.91. The van der Waals surface area contributed by atoms with E-state index in [4.69, 9.17) is 4.74 Å². The quantitative estimate of drug-likeness (QED) is 0.705. The van der Waals surface area contributed by atoms with Gasteiger partial charge < -0.3 is 10.1 Å². The standard InChI is InChI=1S/C20H20FN3O5S/c1-20(18(25)22-19(26)23-20)17-3-2-12-24(17)30(27,28)16-10-8-15(9-11-16)29-14-6-4-13(21)5-7-14/h4-11,17H,2-3,12H2,1H3,(H2,22,23,25,26). The molecule has 0 aliphatic carbocycles. The number of benzene rings is 2. The third-order valence-corrected chi connectivity index (χ3v) is 7.34. The number of rotatable bonds is 5. The van der Waals surface area contributed by atoms with Crippen LogP contribution in [0.15, 0.2) is 53.4 Å². The predicted octanol–water partition coefficient (Wildman–Crippen LogP) is 2.37. The molecule has 10 heteroatoms. The highest BCUT2D eigenvalue weighted by atomic mass is 32.2. The number of nitrogens with one attached hydrogen (secondary N) is 2. The van der Waals surface area contributed by atoms with E-state index in [1.165, 1.54) is 59.8 Å². The summed E-state index contributed by atoms with van der Waals surface area (Å²) in [6, 6.07) is 9.99. The zero-order valence-corrected chi connectivity index (χ0v) is 16.9. The van der Waals surface area contributed by atoms with Crippen molar-refractivity contribution < 1.29 is 27.1 Å². The SMILES string of the molecule is CC1(C2CCCN2S(=O)(=O)c2ccc(Oc3ccc(F)cc3)cc2)NC(=O)NC1=O. The van der Waals surface area contributed by atoms with Crippen LogP contribution in [0.25, 0.3) is 0 Å². The minimum Gasteiger partial charge on any atom is -0.457 e. The lowest BCUT2D eigenvalue weighted by Gasteiger charge is -2.34. The summed E-state index contributed by atoms with van der Waals surface area (Å²) >= 11 is 0. The molecule has 2 aromatic carbocycles. The summed E-state index contributed by atoms with van der Waals surface area (Å²) in [7, 11) is -3.90. The maximum atomic E-state index is 13.2. The van der Waals surface area contributed by atoms with Gasteiger partial charge in [-0.2, -0.15) is 4.31 Å². The highest BCUT2D eigenvalue weighted by Gasteiger charge is 2.54. The number of hydrogen-bond donors (Lipinski definition) is 2. The molecule has 0 radical (unpaired) electrons. The number of halogens is 1. The third-order valence-electron chi connectivity index (χ3n) is 5.42. The maximum Gasteiger partial charge on any atom is 0.322 e. The fourth-order valence-electron chi connectivity index (χ4n) is 3.85. The monoisotopic (exact) mass is 433 g/mol. The van der Waals surface area contributed by atoms with Gasteiger partial charge in [0.15, 0.2) is 0 Å². The van der Waals surface area contributed by atoms with E-state index in [1.807, 2.05) is 0 Å². The summed E-state index contributed by atoms with van der Waals surface area (Å²) < 4.78 is 46.3. The zero-order chi connectivity index (χ0) is 21.5. The van der Waals surface area contributed by atoms with Gasteiger partial charge in [0.05, 0.1) is 10.9 Å². The van der Waals surface area contributed by atoms with Gasteiger partial charge in [-0.15, -0.1) is 0 Å². The topological polar surface area (TPSA) is 105 Å². The minimum absolute atomic E-state index is 0.0502. The third kappa shape index (κ3) is 3.52. The van der Waals surface area contributed by atoms with Gasteiger partial charge in [-0.1, -0.05) is 0 Å². The highest BCUT2D eigenvalue weighted by molar-refractivity contribution is 7.89. The highest BCUT2D eigenvalue weighted by Crippen LogP contribution is 2.34. The van der Waals surface area contributed by atoms with Crippen LogP contribution in [0.5, 0.6) is 11.5 Å². The first kappa shape index (κ1) is 20.3. The van der Waals surface area contributed by atoms with Crippen molar-refractivity contribution in [1.29, 1.82) is 0 Å². The molecule has 0 bridgehead atoms. The molecule has 2 unspecified atom stereocenters. The van der Waals surface area contributed by atoms with Gasteiger partial charge in [0.2, 0.25) is 10.0 Å². The Labute approximate surface area is 173 Å². The molecule has 0 aromatic heterocycles. The second-order valence-electron chi connectivity index (χ2n) is 7.41. The fraction of sp³-hybridized carbons (Fsp3) is 0.300. The molecule has 8 nitrogen and oxygen atoms in total. The van der Waals surface area contributed by atoms with E-state index in [0.29, 0.717) is 24.3 Å². The Hall–Kier alpha value is -2.98. The normalized spacial score (nSPS) is 24.5. The number of imide groups is 1. The number of nitrogens with zero attached hydrogens (tertiary/aromatic N) is 1. The summed E-state index contributed by atoms with van der Waals surface area (Å²) in [4.78, 5) is 23.9. The molecule has 30 heavy (non-hydrogen) atoms. The molecule has 2 atom stereocenters. The second-order valence-corrected chi connectivity index (χ2v) is 9.30. The van der Waals surface area contributed by atoms with E-state index in [0.717, 1.165) is 0 Å². The Kier molecular flexibility index (Phi) is 4.99. The van der Waals surface area contributed by atoms with Crippen molar-refractivity contribution in [2.24, 2.45) is 0 Å². The number of hydrogen-bond acceptors (Lipinski definition) is 5. The van der Waals surface area contributed by atoms with Crippen LogP contribution in [0.3, 0.4) is 0 Å². The number of carbonyl (C=O) groups excluding carboxylic acids is 2. The van der Waals surface area contributed by atoms with Crippen LogP contribution < -0.4 is 15.4 Å². The minimum atomic E-state index is -3.90. The average Bonchev–Trinajstić information content (AvgIpc) is 3.30. The summed E-state index contributed by atoms with van der Waals surface area (Å²) in [6.07, 6.45) is 1.03. The molecular weight excluding hydrogens is 413 g/mol. The van der Waals surface area contributed by atoms with Crippen LogP contribution in [-0.4, -0.2) is 42.8 Å². The van der Waals surface area contributed by atoms with Crippen LogP contribution in [0.2, 0.25) is 0 Å². The molecule has 2 saturated heterocycles. The van der Waals surface area contributed by atoms with Crippen LogP contribution in [0, 0.1) is 5.82 Å². The van der Waals surface area contributed by atoms with E-state index in [1.54, 1.807) is 0 Å². The van der Waals surface area contributed by atoms with E-state index in [-0.39, 0.29) is 17.3 Å². The summed E-state index contributed by atoms with van der Waals surface area (Å²) in [5, 5.41) is 4.74. The van der Waals surface area contributed by atoms with Gasteiger partial charge in [-0.3, -0.25) is 10.1 Å². The Bertz CT molecular complexity index is 1090. The van der Waals surface area contributed by atoms with Gasteiger partial charge in [-0.05, 0) is 68.3 Å². The smallest absolute Gasteiger partial charge is 0.322 e. The Balaban J connectivity index is 1.56. The molecule has 0 saturated carbocycles. The van der Waals surface area contributed by atoms with E-state index in [2.05, 4.69) is 10.6 Å². The lowest BCUT2D eigenvalue weighted by molar-refractivity contribution is -0.124. The molecule has 2 aromatic rings. The first-order valence-electron chi connectivity index (χ1n) is 9.39. The summed E-state index contributed by atoms with van der Waals surface area (Å²) in [5.74, 6) is -0.108. The van der Waals surface area contributed by atoms with E-state index < -0.39 is 33.5 Å². The van der Waals surface area contributed by atoms with Crippen molar-refractivity contribution in [2.45, 2.75) is 36.2 Å². The average molecular weight is 433 g/mol. The molecule has 4 rings (SSSR count). The number of ether oxygens (including phenoxy) is 1. The van der Waals surface area contributed by atoms with Crippen molar-refractivity contribution in [1.82, 2.24) is 14.9 Å². The van der Waals surface area contributed by atoms with Gasteiger partial charge in [0.25, 0.3) is 5.91 Å². The number of carbonyl (C=O) groups is 2. The van der Waals surface area contributed by atoms with Crippen molar-refractivity contribution in [2.75, 3.05) is 6.54 Å². The first-order valence-corrected chi connectivity index (χ1v) is 10.8. The molecule has 3 amide bonds. The van der Waals surface area contributed by atoms with E-state index in [9.17, 15) is 22.4 Å². The maximum absolute atomic E-state index is 13.2. The first-order chi connectivity index (χ1) is 14.2. The van der Waals surface area contributed by atoms with Gasteiger partial charge in [0, 0.05) is 6.54 Å². The van der Waals surface area contributed by atoms with Crippen LogP contribution in [-0.2, 0) is 14.8 Å². The Morgan fingerprint density at radius 1 is 1.07 bits per heavy atom. The van der Waals surface area contributed by atoms with Crippen LogP contribution in [0.4, 0.5) is 9.18 Å². The Morgan fingerprint density at radius 3 is 2.23 bits per heavy atom. The molecule has 0 spiro atoms. The molecule has 2 heterocycles. The zero-order valence-electron chi connectivity index (χ0n) is 16.1. The van der Waals surface area contributed by atoms with Gasteiger partial charge >= 0.3 is 6.03 Å². The van der Waals surface area contributed by atoms with Crippen LogP contribution >= 0.6 is 0 Å². The largest absolute Gasteiger partial charge is 0.457 e. The number of sulfonamides is 1. The summed E-state index contributed by atoms with van der Waals surface area (Å²) in [6.45, 7) is 1.78. The molecule has 2 N–H and O–H groups in total. The van der Waals surface area contributed by atoms with Crippen molar-refractivity contribution in [3.05, 3.63) is 54.3 Å². The summed E-state index contributed by atoms with van der Waals surface area (Å²) in [5.41, 5.74) is -1.33. The molecule has 2 aliphatic heterocycles. The van der Waals surface area contributed by atoms with Gasteiger partial charge in [0.1, 0.15) is 22.9 Å². The second kappa shape index (κ2) is 7.37. The predicted molar refractivity (Wildman–Crippen MR) is 105 cm³/mol. The van der Waals surface area contributed by atoms with Crippen molar-refractivity contribution in [3.63, 3.8) is 0 Å². The lowest BCUT2D eigenvalue weighted by Crippen LogP contribution is -2.59. The van der Waals surface area contributed by atoms with Gasteiger partial charge in [-0.25, -0.2) is 17.6 Å². The fourth-order valence-corrected chi connectivity index (χ4v) is 5.62. The Morgan fingerprint density at radius 2 is 1.67 bits per heavy atom. The van der Waals surface area contributed by atoms with Crippen LogP contribution in [0.1, 0.15) is 19.8 Å². The van der Waals surface area contributed by atoms with Crippen molar-refractivity contribution in [3.8, 4) is 11.5 Å². The molecule has 2 fully saturated rings. The molecule has 2 aliphatic rings. The number of amides is 3. The van der Waals surface area contributed by atoms with E-state index >= 15 is 0 Å². The van der Waals surface area contributed by atoms with Crippen molar-refractivity contribution >= 4 is 22.0 Å². The molecule has 158 valence electrons. The number of urea groups is 1.